The third kappa shape index (κ3) is 2.86. The highest BCUT2D eigenvalue weighted by Crippen LogP contribution is 2.46. The zero-order valence-corrected chi connectivity index (χ0v) is 13.1. The lowest BCUT2D eigenvalue weighted by Gasteiger charge is -2.29. The topological polar surface area (TPSA) is 38.3 Å². The first-order chi connectivity index (χ1) is 10.4. The number of anilines is 1. The van der Waals surface area contributed by atoms with Crippen molar-refractivity contribution in [2.45, 2.75) is 38.0 Å². The molecule has 1 atom stereocenters. The molecule has 1 unspecified atom stereocenters. The maximum Gasteiger partial charge on any atom is 0.430 e. The third-order valence-corrected chi connectivity index (χ3v) is 4.44. The first-order valence-corrected chi connectivity index (χ1v) is 7.73. The van der Waals surface area contributed by atoms with Crippen LogP contribution in [-0.2, 0) is 4.74 Å². The van der Waals surface area contributed by atoms with Gasteiger partial charge in [-0.05, 0) is 64.9 Å². The highest BCUT2D eigenvalue weighted by atomic mass is 79.9. The zero-order valence-electron chi connectivity index (χ0n) is 11.5. The summed E-state index contributed by atoms with van der Waals surface area (Å²) in [5.74, 6) is 0. The Morgan fingerprint density at radius 1 is 1.27 bits per heavy atom. The molecule has 3 nitrogen and oxygen atoms in total. The second kappa shape index (κ2) is 5.61. The molecule has 22 heavy (non-hydrogen) atoms. The molecule has 3 rings (SSSR count). The number of hydrogen-bond donors (Lipinski definition) is 1. The molecule has 0 saturated carbocycles. The van der Waals surface area contributed by atoms with Gasteiger partial charge >= 0.3 is 12.3 Å². The van der Waals surface area contributed by atoms with Crippen LogP contribution in [0.1, 0.15) is 42.9 Å². The number of allylic oxidation sites excluding steroid dienone is 2. The van der Waals surface area contributed by atoms with Gasteiger partial charge in [0.05, 0.1) is 5.69 Å². The fourth-order valence-electron chi connectivity index (χ4n) is 2.80. The number of fused-ring (bicyclic) bond motifs is 1. The van der Waals surface area contributed by atoms with E-state index in [9.17, 15) is 18.0 Å². The smallest absolute Gasteiger partial charge is 0.430 e. The van der Waals surface area contributed by atoms with Crippen LogP contribution in [0.3, 0.4) is 0 Å². The number of ether oxygens (including phenoxy) is 1. The fourth-order valence-corrected chi connectivity index (χ4v) is 3.37. The van der Waals surface area contributed by atoms with E-state index in [0.29, 0.717) is 4.47 Å². The van der Waals surface area contributed by atoms with Crippen LogP contribution in [0.5, 0.6) is 0 Å². The molecule has 0 saturated heterocycles. The number of amides is 1. The maximum absolute atomic E-state index is 13.2. The summed E-state index contributed by atoms with van der Waals surface area (Å²) < 4.78 is 44.4. The van der Waals surface area contributed by atoms with Gasteiger partial charge in [-0.3, -0.25) is 5.32 Å². The third-order valence-electron chi connectivity index (χ3n) is 3.81. The predicted octanol–water partition coefficient (Wildman–Crippen LogP) is 5.57. The average Bonchev–Trinajstić information content (AvgIpc) is 2.47. The summed E-state index contributed by atoms with van der Waals surface area (Å²) in [5.41, 5.74) is 1.83. The van der Waals surface area contributed by atoms with Crippen molar-refractivity contribution in [1.82, 2.24) is 0 Å². The van der Waals surface area contributed by atoms with Gasteiger partial charge in [-0.25, -0.2) is 4.79 Å². The molecular weight excluding hydrogens is 363 g/mol. The second-order valence-electron chi connectivity index (χ2n) is 5.35. The number of cyclic esters (lactones) is 1. The van der Waals surface area contributed by atoms with E-state index in [0.717, 1.165) is 36.8 Å². The SMILES string of the molecule is O=C1Nc2c(Br)cc(C3=CCCCC3)cc2C(C(F)(F)F)O1. The quantitative estimate of drug-likeness (QED) is 0.696. The summed E-state index contributed by atoms with van der Waals surface area (Å²) in [6.45, 7) is 0. The van der Waals surface area contributed by atoms with E-state index in [1.807, 2.05) is 0 Å². The molecule has 118 valence electrons. The van der Waals surface area contributed by atoms with Gasteiger partial charge in [-0.2, -0.15) is 13.2 Å². The molecular formula is C15H13BrF3NO2. The lowest BCUT2D eigenvalue weighted by atomic mass is 9.91. The first kappa shape index (κ1) is 15.4. The van der Waals surface area contributed by atoms with Crippen molar-refractivity contribution in [2.75, 3.05) is 5.32 Å². The Morgan fingerprint density at radius 2 is 2.05 bits per heavy atom. The van der Waals surface area contributed by atoms with Crippen LogP contribution in [0, 0.1) is 0 Å². The fraction of sp³-hybridized carbons (Fsp3) is 0.400. The van der Waals surface area contributed by atoms with E-state index in [1.165, 1.54) is 6.07 Å². The standard InChI is InChI=1S/C15H13BrF3NO2/c16-11-7-9(8-4-2-1-3-5-8)6-10-12(11)20-14(21)22-13(10)15(17,18)19/h4,6-7,13H,1-3,5H2,(H,20,21). The summed E-state index contributed by atoms with van der Waals surface area (Å²) in [6, 6.07) is 3.21. The van der Waals surface area contributed by atoms with Crippen LogP contribution >= 0.6 is 15.9 Å². The van der Waals surface area contributed by atoms with E-state index in [4.69, 9.17) is 0 Å². The van der Waals surface area contributed by atoms with Crippen molar-refractivity contribution >= 4 is 33.3 Å². The highest BCUT2D eigenvalue weighted by Gasteiger charge is 2.48. The molecule has 1 aromatic carbocycles. The van der Waals surface area contributed by atoms with E-state index in [1.54, 1.807) is 6.07 Å². The number of nitrogens with one attached hydrogen (secondary N) is 1. The van der Waals surface area contributed by atoms with Gasteiger partial charge in [0.2, 0.25) is 6.10 Å². The minimum Gasteiger partial charge on any atom is -0.431 e. The van der Waals surface area contributed by atoms with Crippen molar-refractivity contribution in [1.29, 1.82) is 0 Å². The van der Waals surface area contributed by atoms with Crippen molar-refractivity contribution in [2.24, 2.45) is 0 Å². The summed E-state index contributed by atoms with van der Waals surface area (Å²) in [6.07, 6.45) is -2.03. The van der Waals surface area contributed by atoms with E-state index in [-0.39, 0.29) is 11.3 Å². The van der Waals surface area contributed by atoms with Crippen LogP contribution in [0.2, 0.25) is 0 Å². The molecule has 1 heterocycles. The minimum atomic E-state index is -4.65. The first-order valence-electron chi connectivity index (χ1n) is 6.93. The number of carbonyl (C=O) groups is 1. The molecule has 2 aliphatic rings. The van der Waals surface area contributed by atoms with Crippen molar-refractivity contribution in [3.63, 3.8) is 0 Å². The van der Waals surface area contributed by atoms with Crippen LogP contribution in [0.15, 0.2) is 22.7 Å². The van der Waals surface area contributed by atoms with E-state index < -0.39 is 18.4 Å². The average molecular weight is 376 g/mol. The number of halogens is 4. The van der Waals surface area contributed by atoms with Crippen LogP contribution < -0.4 is 5.32 Å². The Balaban J connectivity index is 2.11. The van der Waals surface area contributed by atoms with Crippen molar-refractivity contribution < 1.29 is 22.7 Å². The Labute approximate surface area is 133 Å². The lowest BCUT2D eigenvalue weighted by molar-refractivity contribution is -0.206. The highest BCUT2D eigenvalue weighted by molar-refractivity contribution is 9.10. The Morgan fingerprint density at radius 3 is 2.68 bits per heavy atom. The van der Waals surface area contributed by atoms with Crippen LogP contribution in [0.25, 0.3) is 5.57 Å². The number of benzene rings is 1. The van der Waals surface area contributed by atoms with Gasteiger partial charge in [0.25, 0.3) is 0 Å². The molecule has 0 fully saturated rings. The summed E-state index contributed by atoms with van der Waals surface area (Å²) in [7, 11) is 0. The van der Waals surface area contributed by atoms with Gasteiger partial charge in [-0.1, -0.05) is 6.08 Å². The molecule has 1 aliphatic carbocycles. The molecule has 0 bridgehead atoms. The van der Waals surface area contributed by atoms with E-state index in [2.05, 4.69) is 32.1 Å². The lowest BCUT2D eigenvalue weighted by Crippen LogP contribution is -2.33. The van der Waals surface area contributed by atoms with Crippen molar-refractivity contribution in [3.05, 3.63) is 33.8 Å². The Bertz CT molecular complexity index is 655. The summed E-state index contributed by atoms with van der Waals surface area (Å²) in [5, 5.41) is 2.33. The molecule has 0 radical (unpaired) electrons. The maximum atomic E-state index is 13.2. The zero-order chi connectivity index (χ0) is 15.9. The van der Waals surface area contributed by atoms with Gasteiger partial charge in [0.1, 0.15) is 0 Å². The van der Waals surface area contributed by atoms with Gasteiger partial charge < -0.3 is 4.74 Å². The molecule has 1 aliphatic heterocycles. The number of alkyl halides is 3. The Hall–Kier alpha value is -1.50. The van der Waals surface area contributed by atoms with Crippen molar-refractivity contribution in [3.8, 4) is 0 Å². The van der Waals surface area contributed by atoms with Gasteiger partial charge in [0, 0.05) is 10.0 Å². The monoisotopic (exact) mass is 375 g/mol. The summed E-state index contributed by atoms with van der Waals surface area (Å²) >= 11 is 3.26. The molecule has 1 N–H and O–H groups in total. The van der Waals surface area contributed by atoms with Gasteiger partial charge in [-0.15, -0.1) is 0 Å². The van der Waals surface area contributed by atoms with Crippen LogP contribution in [-0.4, -0.2) is 12.3 Å². The normalized spacial score (nSPS) is 21.5. The molecule has 1 aromatic rings. The minimum absolute atomic E-state index is 0.0667. The molecule has 1 amide bonds. The molecule has 0 spiro atoms. The largest absolute Gasteiger partial charge is 0.431 e. The number of rotatable bonds is 1. The van der Waals surface area contributed by atoms with Gasteiger partial charge in [0.15, 0.2) is 0 Å². The molecule has 0 aromatic heterocycles. The Kier molecular flexibility index (Phi) is 3.92. The second-order valence-corrected chi connectivity index (χ2v) is 6.20. The summed E-state index contributed by atoms with van der Waals surface area (Å²) in [4.78, 5) is 11.4. The van der Waals surface area contributed by atoms with Crippen LogP contribution in [0.4, 0.5) is 23.7 Å². The number of hydrogen-bond acceptors (Lipinski definition) is 2. The predicted molar refractivity (Wildman–Crippen MR) is 79.5 cm³/mol. The molecule has 7 heteroatoms. The van der Waals surface area contributed by atoms with E-state index >= 15 is 0 Å². The number of carbonyl (C=O) groups excluding carboxylic acids is 1.